The highest BCUT2D eigenvalue weighted by molar-refractivity contribution is 7.92. The van der Waals surface area contributed by atoms with Crippen molar-refractivity contribution >= 4 is 27.5 Å². The number of nitrogens with zero attached hydrogens (tertiary/aromatic N) is 2. The van der Waals surface area contributed by atoms with Crippen molar-refractivity contribution in [1.29, 1.82) is 0 Å². The van der Waals surface area contributed by atoms with Gasteiger partial charge in [0.25, 0.3) is 0 Å². The van der Waals surface area contributed by atoms with Crippen molar-refractivity contribution in [3.8, 4) is 5.75 Å². The molecule has 0 spiro atoms. The number of aryl methyl sites for hydroxylation is 1. The Morgan fingerprint density at radius 1 is 1.00 bits per heavy atom. The first-order valence-electron chi connectivity index (χ1n) is 11.8. The molecule has 9 heteroatoms. The molecule has 0 heterocycles. The molecule has 2 atom stereocenters. The highest BCUT2D eigenvalue weighted by atomic mass is 32.2. The van der Waals surface area contributed by atoms with Gasteiger partial charge in [0.05, 0.1) is 19.1 Å². The van der Waals surface area contributed by atoms with Crippen LogP contribution in [0.1, 0.15) is 44.7 Å². The maximum atomic E-state index is 13.6. The number of sulfonamides is 1. The fraction of sp³-hybridized carbons (Fsp3) is 0.462. The number of ether oxygens (including phenoxy) is 1. The number of amides is 2. The van der Waals surface area contributed by atoms with Crippen LogP contribution in [-0.4, -0.2) is 57.1 Å². The second-order valence-electron chi connectivity index (χ2n) is 8.72. The Morgan fingerprint density at radius 2 is 1.60 bits per heavy atom. The van der Waals surface area contributed by atoms with Crippen LogP contribution in [0.25, 0.3) is 0 Å². The third-order valence-corrected chi connectivity index (χ3v) is 7.04. The number of anilines is 1. The topological polar surface area (TPSA) is 96.0 Å². The summed E-state index contributed by atoms with van der Waals surface area (Å²) in [6.07, 6.45) is 2.21. The fourth-order valence-corrected chi connectivity index (χ4v) is 4.46. The van der Waals surface area contributed by atoms with E-state index in [-0.39, 0.29) is 18.5 Å². The van der Waals surface area contributed by atoms with Gasteiger partial charge in [-0.1, -0.05) is 43.7 Å². The van der Waals surface area contributed by atoms with E-state index in [0.29, 0.717) is 17.9 Å². The zero-order valence-electron chi connectivity index (χ0n) is 21.4. The van der Waals surface area contributed by atoms with E-state index in [0.717, 1.165) is 28.1 Å². The Hall–Kier alpha value is -3.07. The first-order chi connectivity index (χ1) is 16.5. The molecule has 0 aromatic heterocycles. The lowest BCUT2D eigenvalue weighted by Gasteiger charge is -2.33. The fourth-order valence-electron chi connectivity index (χ4n) is 3.61. The zero-order chi connectivity index (χ0) is 26.2. The molecule has 2 amide bonds. The molecule has 0 unspecified atom stereocenters. The zero-order valence-corrected chi connectivity index (χ0v) is 22.3. The highest BCUT2D eigenvalue weighted by Crippen LogP contribution is 2.21. The van der Waals surface area contributed by atoms with Crippen LogP contribution >= 0.6 is 0 Å². The summed E-state index contributed by atoms with van der Waals surface area (Å²) in [5.74, 6) is -0.0428. The van der Waals surface area contributed by atoms with Crippen LogP contribution < -0.4 is 14.4 Å². The van der Waals surface area contributed by atoms with Gasteiger partial charge in [0.1, 0.15) is 18.3 Å². The highest BCUT2D eigenvalue weighted by Gasteiger charge is 2.32. The standard InChI is InChI=1S/C26H37N3O5S/c1-7-20(4)27-26(31)24(8-2)28(17-21-11-15-23(34-5)16-12-21)25(30)18-29(35(6,32)33)22-13-9-19(3)10-14-22/h9-16,20,24H,7-8,17-18H2,1-6H3,(H,27,31)/t20-,24-/m1/s1. The maximum absolute atomic E-state index is 13.6. The van der Waals surface area contributed by atoms with Crippen molar-refractivity contribution < 1.29 is 22.7 Å². The van der Waals surface area contributed by atoms with E-state index >= 15 is 0 Å². The van der Waals surface area contributed by atoms with Crippen LogP contribution in [0.4, 0.5) is 5.69 Å². The third kappa shape index (κ3) is 7.99. The Balaban J connectivity index is 2.42. The van der Waals surface area contributed by atoms with E-state index in [2.05, 4.69) is 5.32 Å². The van der Waals surface area contributed by atoms with Crippen molar-refractivity contribution in [1.82, 2.24) is 10.2 Å². The summed E-state index contributed by atoms with van der Waals surface area (Å²) < 4.78 is 31.5. The molecule has 0 fully saturated rings. The first-order valence-corrected chi connectivity index (χ1v) is 13.6. The molecule has 2 rings (SSSR count). The predicted molar refractivity (Wildman–Crippen MR) is 139 cm³/mol. The van der Waals surface area contributed by atoms with Crippen LogP contribution in [0, 0.1) is 6.92 Å². The number of benzene rings is 2. The van der Waals surface area contributed by atoms with Crippen molar-refractivity contribution in [2.45, 2.75) is 59.2 Å². The van der Waals surface area contributed by atoms with Gasteiger partial charge in [0.2, 0.25) is 21.8 Å². The summed E-state index contributed by atoms with van der Waals surface area (Å²) in [5, 5.41) is 2.96. The molecule has 0 saturated heterocycles. The summed E-state index contributed by atoms with van der Waals surface area (Å²) in [7, 11) is -2.18. The molecule has 1 N–H and O–H groups in total. The number of carbonyl (C=O) groups excluding carboxylic acids is 2. The van der Waals surface area contributed by atoms with Gasteiger partial charge in [-0.25, -0.2) is 8.42 Å². The van der Waals surface area contributed by atoms with Gasteiger partial charge in [-0.2, -0.15) is 0 Å². The number of hydrogen-bond donors (Lipinski definition) is 1. The smallest absolute Gasteiger partial charge is 0.244 e. The van der Waals surface area contributed by atoms with Crippen molar-refractivity contribution in [2.24, 2.45) is 0 Å². The van der Waals surface area contributed by atoms with Gasteiger partial charge in [-0.15, -0.1) is 0 Å². The van der Waals surface area contributed by atoms with Gasteiger partial charge in [0, 0.05) is 12.6 Å². The summed E-state index contributed by atoms with van der Waals surface area (Å²) in [6, 6.07) is 13.4. The minimum absolute atomic E-state index is 0.0467. The molecule has 2 aromatic carbocycles. The average Bonchev–Trinajstić information content (AvgIpc) is 2.82. The number of carbonyl (C=O) groups is 2. The van der Waals surface area contributed by atoms with Gasteiger partial charge < -0.3 is 15.0 Å². The summed E-state index contributed by atoms with van der Waals surface area (Å²) in [6.45, 7) is 7.36. The largest absolute Gasteiger partial charge is 0.497 e. The third-order valence-electron chi connectivity index (χ3n) is 5.90. The van der Waals surface area contributed by atoms with E-state index in [1.807, 2.05) is 39.8 Å². The molecular formula is C26H37N3O5S. The van der Waals surface area contributed by atoms with E-state index in [4.69, 9.17) is 4.74 Å². The second-order valence-corrected chi connectivity index (χ2v) is 10.6. The Labute approximate surface area is 209 Å². The SMILES string of the molecule is CC[C@@H](C)NC(=O)[C@@H](CC)N(Cc1ccc(OC)cc1)C(=O)CN(c1ccc(C)cc1)S(C)(=O)=O. The van der Waals surface area contributed by atoms with Crippen LogP contribution in [-0.2, 0) is 26.2 Å². The predicted octanol–water partition coefficient (Wildman–Crippen LogP) is 3.49. The number of hydrogen-bond acceptors (Lipinski definition) is 5. The van der Waals surface area contributed by atoms with Gasteiger partial charge >= 0.3 is 0 Å². The van der Waals surface area contributed by atoms with Crippen LogP contribution in [0.5, 0.6) is 5.75 Å². The van der Waals surface area contributed by atoms with E-state index in [1.54, 1.807) is 43.5 Å². The Morgan fingerprint density at radius 3 is 2.09 bits per heavy atom. The molecule has 0 bridgehead atoms. The lowest BCUT2D eigenvalue weighted by atomic mass is 10.1. The minimum Gasteiger partial charge on any atom is -0.497 e. The molecule has 35 heavy (non-hydrogen) atoms. The lowest BCUT2D eigenvalue weighted by Crippen LogP contribution is -2.53. The Kier molecular flexibility index (Phi) is 10.1. The molecule has 8 nitrogen and oxygen atoms in total. The van der Waals surface area contributed by atoms with Crippen molar-refractivity contribution in [3.63, 3.8) is 0 Å². The number of rotatable bonds is 12. The van der Waals surface area contributed by atoms with Crippen molar-refractivity contribution in [2.75, 3.05) is 24.2 Å². The van der Waals surface area contributed by atoms with Crippen LogP contribution in [0.15, 0.2) is 48.5 Å². The van der Waals surface area contributed by atoms with E-state index in [1.165, 1.54) is 4.90 Å². The molecule has 0 saturated carbocycles. The maximum Gasteiger partial charge on any atom is 0.244 e. The Bertz CT molecular complexity index is 1080. The van der Waals surface area contributed by atoms with Crippen LogP contribution in [0.3, 0.4) is 0 Å². The van der Waals surface area contributed by atoms with Gasteiger partial charge in [-0.3, -0.25) is 13.9 Å². The molecule has 2 aromatic rings. The van der Waals surface area contributed by atoms with Crippen LogP contribution in [0.2, 0.25) is 0 Å². The summed E-state index contributed by atoms with van der Waals surface area (Å²) in [5.41, 5.74) is 2.17. The monoisotopic (exact) mass is 503 g/mol. The quantitative estimate of drug-likeness (QED) is 0.478. The normalized spacial score (nSPS) is 13.0. The summed E-state index contributed by atoms with van der Waals surface area (Å²) >= 11 is 0. The van der Waals surface area contributed by atoms with Gasteiger partial charge in [0.15, 0.2) is 0 Å². The number of nitrogens with one attached hydrogen (secondary N) is 1. The van der Waals surface area contributed by atoms with E-state index < -0.39 is 28.5 Å². The summed E-state index contributed by atoms with van der Waals surface area (Å²) in [4.78, 5) is 28.2. The molecular weight excluding hydrogens is 466 g/mol. The lowest BCUT2D eigenvalue weighted by molar-refractivity contribution is -0.140. The molecule has 0 aliphatic carbocycles. The molecule has 192 valence electrons. The minimum atomic E-state index is -3.75. The first kappa shape index (κ1) is 28.2. The van der Waals surface area contributed by atoms with Gasteiger partial charge in [-0.05, 0) is 56.5 Å². The van der Waals surface area contributed by atoms with Crippen molar-refractivity contribution in [3.05, 3.63) is 59.7 Å². The molecule has 0 aliphatic heterocycles. The van der Waals surface area contributed by atoms with E-state index in [9.17, 15) is 18.0 Å². The molecule has 0 aliphatic rings. The second kappa shape index (κ2) is 12.6. The average molecular weight is 504 g/mol. The number of methoxy groups -OCH3 is 1. The molecule has 0 radical (unpaired) electrons.